The maximum atomic E-state index is 12.3. The van der Waals surface area contributed by atoms with Crippen LogP contribution in [0.5, 0.6) is 5.88 Å². The fraction of sp³-hybridized carbons (Fsp3) is 0.154. The molecule has 0 aliphatic heterocycles. The molecule has 0 fully saturated rings. The smallest absolute Gasteiger partial charge is 0.422 e. The van der Waals surface area contributed by atoms with E-state index in [-0.39, 0.29) is 16.5 Å². The van der Waals surface area contributed by atoms with Gasteiger partial charge in [0.2, 0.25) is 5.88 Å². The first-order valence-electron chi connectivity index (χ1n) is 6.20. The van der Waals surface area contributed by atoms with Crippen LogP contribution in [0.4, 0.5) is 18.9 Å². The maximum Gasteiger partial charge on any atom is 0.422 e. The van der Waals surface area contributed by atoms with Crippen molar-refractivity contribution < 1.29 is 26.3 Å². The zero-order valence-electron chi connectivity index (χ0n) is 11.6. The molecule has 1 aromatic carbocycles. The van der Waals surface area contributed by atoms with Gasteiger partial charge in [-0.25, -0.2) is 13.4 Å². The second-order valence-electron chi connectivity index (χ2n) is 4.47. The lowest BCUT2D eigenvalue weighted by Gasteiger charge is -2.11. The van der Waals surface area contributed by atoms with Crippen molar-refractivity contribution in [3.05, 3.63) is 45.5 Å². The van der Waals surface area contributed by atoms with E-state index >= 15 is 0 Å². The van der Waals surface area contributed by atoms with Gasteiger partial charge >= 0.3 is 6.18 Å². The summed E-state index contributed by atoms with van der Waals surface area (Å²) in [6.45, 7) is -1.48. The molecule has 0 bridgehead atoms. The number of sulfonamides is 1. The summed E-state index contributed by atoms with van der Waals surface area (Å²) in [5.74, 6) is -0.265. The van der Waals surface area contributed by atoms with Crippen LogP contribution in [0.3, 0.4) is 0 Å². The number of nitrogens with one attached hydrogen (secondary N) is 1. The number of hydrogen-bond acceptors (Lipinski definition) is 4. The van der Waals surface area contributed by atoms with E-state index in [1.54, 1.807) is 12.1 Å². The van der Waals surface area contributed by atoms with E-state index in [1.807, 2.05) is 0 Å². The molecule has 1 heterocycles. The predicted molar refractivity (Wildman–Crippen MR) is 88.4 cm³/mol. The van der Waals surface area contributed by atoms with Gasteiger partial charge in [-0.05, 0) is 40.2 Å². The van der Waals surface area contributed by atoms with Gasteiger partial charge in [-0.2, -0.15) is 13.2 Å². The lowest BCUT2D eigenvalue weighted by Crippen LogP contribution is -2.19. The van der Waals surface area contributed by atoms with Gasteiger partial charge in [0, 0.05) is 15.0 Å². The summed E-state index contributed by atoms with van der Waals surface area (Å²) in [7, 11) is -3.90. The summed E-state index contributed by atoms with van der Waals surface area (Å²) in [6.07, 6.45) is -3.41. The van der Waals surface area contributed by atoms with Gasteiger partial charge in [-0.3, -0.25) is 4.72 Å². The third-order valence-electron chi connectivity index (χ3n) is 2.56. The Bertz CT molecular complexity index is 827. The lowest BCUT2D eigenvalue weighted by molar-refractivity contribution is -0.154. The highest BCUT2D eigenvalue weighted by Gasteiger charge is 2.28. The molecular weight excluding hydrogens is 481 g/mol. The van der Waals surface area contributed by atoms with Crippen LogP contribution in [-0.2, 0) is 10.0 Å². The van der Waals surface area contributed by atoms with Crippen LogP contribution in [0.2, 0.25) is 0 Å². The number of anilines is 1. The predicted octanol–water partition coefficient (Wildman–Crippen LogP) is 4.35. The van der Waals surface area contributed by atoms with Crippen LogP contribution in [0, 0.1) is 0 Å². The number of nitrogens with zero attached hydrogens (tertiary/aromatic N) is 1. The zero-order chi connectivity index (χ0) is 18.0. The maximum absolute atomic E-state index is 12.3. The monoisotopic (exact) mass is 488 g/mol. The Morgan fingerprint density at radius 1 is 1.17 bits per heavy atom. The van der Waals surface area contributed by atoms with E-state index in [4.69, 9.17) is 0 Å². The van der Waals surface area contributed by atoms with Crippen molar-refractivity contribution in [2.75, 3.05) is 11.3 Å². The molecule has 0 saturated carbocycles. The fourth-order valence-corrected chi connectivity index (χ4v) is 4.12. The molecule has 0 radical (unpaired) electrons. The average molecular weight is 490 g/mol. The molecule has 2 rings (SSSR count). The number of hydrogen-bond donors (Lipinski definition) is 1. The number of ether oxygens (including phenoxy) is 1. The first kappa shape index (κ1) is 19.0. The Morgan fingerprint density at radius 2 is 1.88 bits per heavy atom. The summed E-state index contributed by atoms with van der Waals surface area (Å²) >= 11 is 6.33. The topological polar surface area (TPSA) is 68.3 Å². The van der Waals surface area contributed by atoms with Gasteiger partial charge < -0.3 is 4.74 Å². The van der Waals surface area contributed by atoms with Crippen molar-refractivity contribution in [3.8, 4) is 5.88 Å². The van der Waals surface area contributed by atoms with E-state index < -0.39 is 22.8 Å². The van der Waals surface area contributed by atoms with E-state index in [2.05, 4.69) is 46.3 Å². The molecule has 130 valence electrons. The Labute approximate surface area is 152 Å². The van der Waals surface area contributed by atoms with E-state index in [9.17, 15) is 21.6 Å². The van der Waals surface area contributed by atoms with Crippen molar-refractivity contribution in [3.63, 3.8) is 0 Å². The number of alkyl halides is 3. The first-order valence-corrected chi connectivity index (χ1v) is 9.27. The SMILES string of the molecule is O=S(=O)(Nc1ccc(OCC(F)(F)F)nc1)c1cc(Br)ccc1Br. The highest BCUT2D eigenvalue weighted by atomic mass is 79.9. The quantitative estimate of drug-likeness (QED) is 0.678. The zero-order valence-corrected chi connectivity index (χ0v) is 15.6. The first-order chi connectivity index (χ1) is 11.1. The normalized spacial score (nSPS) is 12.0. The summed E-state index contributed by atoms with van der Waals surface area (Å²) in [6, 6.07) is 7.02. The van der Waals surface area contributed by atoms with Crippen LogP contribution >= 0.6 is 31.9 Å². The summed E-state index contributed by atoms with van der Waals surface area (Å²) in [5, 5.41) is 0. The fourth-order valence-electron chi connectivity index (χ4n) is 1.58. The van der Waals surface area contributed by atoms with E-state index in [0.717, 1.165) is 12.3 Å². The highest BCUT2D eigenvalue weighted by molar-refractivity contribution is 9.11. The summed E-state index contributed by atoms with van der Waals surface area (Å²) in [4.78, 5) is 3.62. The lowest BCUT2D eigenvalue weighted by atomic mass is 10.4. The number of pyridine rings is 1. The van der Waals surface area contributed by atoms with Gasteiger partial charge in [0.05, 0.1) is 11.9 Å². The van der Waals surface area contributed by atoms with E-state index in [0.29, 0.717) is 8.95 Å². The standard InChI is InChI=1S/C13H9Br2F3N2O3S/c14-8-1-3-10(15)11(5-8)24(21,22)20-9-2-4-12(19-6-9)23-7-13(16,17)18/h1-6,20H,7H2. The Hall–Kier alpha value is -1.33. The third-order valence-corrected chi connectivity index (χ3v) is 5.42. The Morgan fingerprint density at radius 3 is 2.46 bits per heavy atom. The molecule has 0 amide bonds. The Balaban J connectivity index is 2.14. The molecule has 0 atom stereocenters. The number of halogens is 5. The van der Waals surface area contributed by atoms with Crippen LogP contribution in [0.15, 0.2) is 50.4 Å². The molecular formula is C13H9Br2F3N2O3S. The van der Waals surface area contributed by atoms with Crippen LogP contribution in [0.25, 0.3) is 0 Å². The van der Waals surface area contributed by atoms with Gasteiger partial charge in [0.15, 0.2) is 6.61 Å². The molecule has 0 spiro atoms. The van der Waals surface area contributed by atoms with Crippen molar-refractivity contribution >= 4 is 47.6 Å². The minimum Gasteiger partial charge on any atom is -0.468 e. The van der Waals surface area contributed by atoms with Crippen molar-refractivity contribution in [2.45, 2.75) is 11.1 Å². The van der Waals surface area contributed by atoms with Crippen molar-refractivity contribution in [1.29, 1.82) is 0 Å². The molecule has 0 aliphatic rings. The van der Waals surface area contributed by atoms with Gasteiger partial charge in [-0.1, -0.05) is 15.9 Å². The Kier molecular flexibility index (Phi) is 5.76. The molecule has 2 aromatic rings. The second-order valence-corrected chi connectivity index (χ2v) is 7.89. The molecule has 5 nitrogen and oxygen atoms in total. The van der Waals surface area contributed by atoms with Gasteiger partial charge in [0.1, 0.15) is 4.90 Å². The number of aromatic nitrogens is 1. The minimum atomic E-state index is -4.48. The van der Waals surface area contributed by atoms with Crippen molar-refractivity contribution in [2.24, 2.45) is 0 Å². The van der Waals surface area contributed by atoms with Crippen LogP contribution in [0.1, 0.15) is 0 Å². The van der Waals surface area contributed by atoms with E-state index in [1.165, 1.54) is 12.1 Å². The van der Waals surface area contributed by atoms with Crippen LogP contribution < -0.4 is 9.46 Å². The largest absolute Gasteiger partial charge is 0.468 e. The molecule has 0 unspecified atom stereocenters. The van der Waals surface area contributed by atoms with Gasteiger partial charge in [-0.15, -0.1) is 0 Å². The molecule has 1 aromatic heterocycles. The molecule has 11 heteroatoms. The highest BCUT2D eigenvalue weighted by Crippen LogP contribution is 2.27. The van der Waals surface area contributed by atoms with Crippen molar-refractivity contribution in [1.82, 2.24) is 4.98 Å². The number of rotatable bonds is 5. The van der Waals surface area contributed by atoms with Gasteiger partial charge in [0.25, 0.3) is 10.0 Å². The molecule has 0 aliphatic carbocycles. The average Bonchev–Trinajstić information content (AvgIpc) is 2.48. The number of benzene rings is 1. The molecule has 24 heavy (non-hydrogen) atoms. The third kappa shape index (κ3) is 5.35. The molecule has 0 saturated heterocycles. The van der Waals surface area contributed by atoms with Crippen LogP contribution in [-0.4, -0.2) is 26.2 Å². The summed E-state index contributed by atoms with van der Waals surface area (Å²) < 4.78 is 68.5. The minimum absolute atomic E-state index is 0.00530. The summed E-state index contributed by atoms with van der Waals surface area (Å²) in [5.41, 5.74) is 0.0845. The molecule has 1 N–H and O–H groups in total. The second kappa shape index (κ2) is 7.28.